The summed E-state index contributed by atoms with van der Waals surface area (Å²) in [5.41, 5.74) is 2.09. The number of hydrogen-bond donors (Lipinski definition) is 1. The molecule has 0 spiro atoms. The molecule has 21 heavy (non-hydrogen) atoms. The Morgan fingerprint density at radius 1 is 1.24 bits per heavy atom. The van der Waals surface area contributed by atoms with Gasteiger partial charge in [-0.25, -0.2) is 14.8 Å². The number of rotatable bonds is 4. The minimum atomic E-state index is -0.952. The fourth-order valence-corrected chi connectivity index (χ4v) is 3.96. The number of nitrogens with zero attached hydrogens (tertiary/aromatic N) is 2. The molecule has 3 rings (SSSR count). The molecule has 0 saturated heterocycles. The number of carbonyl (C=O) groups is 1. The lowest BCUT2D eigenvalue weighted by Crippen LogP contribution is -2.08. The van der Waals surface area contributed by atoms with Crippen LogP contribution >= 0.6 is 11.8 Å². The molecule has 1 aromatic carbocycles. The minimum absolute atomic E-state index is 0.240. The Labute approximate surface area is 127 Å². The van der Waals surface area contributed by atoms with Crippen molar-refractivity contribution in [3.63, 3.8) is 0 Å². The molecule has 2 atom stereocenters. The highest BCUT2D eigenvalue weighted by atomic mass is 32.2. The number of aromatic nitrogens is 2. The van der Waals surface area contributed by atoms with E-state index in [-0.39, 0.29) is 5.56 Å². The van der Waals surface area contributed by atoms with Crippen molar-refractivity contribution in [1.29, 1.82) is 0 Å². The average molecular weight is 300 g/mol. The van der Waals surface area contributed by atoms with Gasteiger partial charge in [0, 0.05) is 5.25 Å². The van der Waals surface area contributed by atoms with Crippen molar-refractivity contribution in [2.75, 3.05) is 0 Å². The number of carboxylic acid groups (broad SMARTS) is 1. The van der Waals surface area contributed by atoms with Gasteiger partial charge in [-0.05, 0) is 31.7 Å². The van der Waals surface area contributed by atoms with Gasteiger partial charge in [-0.2, -0.15) is 0 Å². The van der Waals surface area contributed by atoms with E-state index in [9.17, 15) is 9.90 Å². The number of aromatic carboxylic acids is 1. The van der Waals surface area contributed by atoms with Crippen molar-refractivity contribution in [2.45, 2.75) is 36.5 Å². The topological polar surface area (TPSA) is 63.1 Å². The standard InChI is InChI=1S/C16H16N2O2S/c1-9-14(16(19)20)15(18-10(2)17-9)21-13-8-12(13)11-6-4-3-5-7-11/h3-7,12-13H,8H2,1-2H3,(H,19,20). The Morgan fingerprint density at radius 3 is 2.62 bits per heavy atom. The van der Waals surface area contributed by atoms with Crippen LogP contribution < -0.4 is 0 Å². The van der Waals surface area contributed by atoms with E-state index in [1.54, 1.807) is 25.6 Å². The summed E-state index contributed by atoms with van der Waals surface area (Å²) >= 11 is 1.56. The van der Waals surface area contributed by atoms with Crippen LogP contribution in [0.2, 0.25) is 0 Å². The summed E-state index contributed by atoms with van der Waals surface area (Å²) < 4.78 is 0. The van der Waals surface area contributed by atoms with Crippen LogP contribution in [0.4, 0.5) is 0 Å². The first-order valence-electron chi connectivity index (χ1n) is 6.86. The van der Waals surface area contributed by atoms with E-state index in [4.69, 9.17) is 0 Å². The molecule has 0 radical (unpaired) electrons. The van der Waals surface area contributed by atoms with Gasteiger partial charge in [0.1, 0.15) is 16.4 Å². The number of hydrogen-bond acceptors (Lipinski definition) is 4. The second-order valence-corrected chi connectivity index (χ2v) is 6.48. The first kappa shape index (κ1) is 14.1. The van der Waals surface area contributed by atoms with Gasteiger partial charge < -0.3 is 5.11 Å². The Hall–Kier alpha value is -1.88. The van der Waals surface area contributed by atoms with E-state index in [0.717, 1.165) is 6.42 Å². The zero-order valence-electron chi connectivity index (χ0n) is 11.9. The molecular formula is C16H16N2O2S. The summed E-state index contributed by atoms with van der Waals surface area (Å²) in [7, 11) is 0. The van der Waals surface area contributed by atoms with Gasteiger partial charge in [-0.3, -0.25) is 0 Å². The number of benzene rings is 1. The Kier molecular flexibility index (Phi) is 3.68. The molecule has 1 aromatic heterocycles. The summed E-state index contributed by atoms with van der Waals surface area (Å²) in [5.74, 6) is 0.164. The predicted molar refractivity (Wildman–Crippen MR) is 81.9 cm³/mol. The van der Waals surface area contributed by atoms with E-state index >= 15 is 0 Å². The SMILES string of the molecule is Cc1nc(C)c(C(=O)O)c(SC2CC2c2ccccc2)n1. The molecule has 4 nitrogen and oxygen atoms in total. The highest BCUT2D eigenvalue weighted by Gasteiger charge is 2.40. The summed E-state index contributed by atoms with van der Waals surface area (Å²) in [6.45, 7) is 3.52. The van der Waals surface area contributed by atoms with E-state index in [2.05, 4.69) is 22.1 Å². The summed E-state index contributed by atoms with van der Waals surface area (Å²) in [4.78, 5) is 19.9. The van der Waals surface area contributed by atoms with Crippen LogP contribution in [0.15, 0.2) is 35.4 Å². The lowest BCUT2D eigenvalue weighted by atomic mass is 10.1. The fourth-order valence-electron chi connectivity index (χ4n) is 2.51. The van der Waals surface area contributed by atoms with Crippen molar-refractivity contribution < 1.29 is 9.90 Å². The molecule has 2 aromatic rings. The predicted octanol–water partition coefficient (Wildman–Crippen LogP) is 3.44. The largest absolute Gasteiger partial charge is 0.478 e. The van der Waals surface area contributed by atoms with Gasteiger partial charge in [0.05, 0.1) is 5.69 Å². The van der Waals surface area contributed by atoms with Crippen molar-refractivity contribution >= 4 is 17.7 Å². The third-order valence-electron chi connectivity index (χ3n) is 3.61. The quantitative estimate of drug-likeness (QED) is 0.876. The van der Waals surface area contributed by atoms with Crippen LogP contribution in [0, 0.1) is 13.8 Å². The summed E-state index contributed by atoms with van der Waals surface area (Å²) in [6, 6.07) is 10.3. The van der Waals surface area contributed by atoms with E-state index < -0.39 is 5.97 Å². The molecule has 5 heteroatoms. The molecule has 0 aliphatic heterocycles. The normalized spacial score (nSPS) is 20.3. The minimum Gasteiger partial charge on any atom is -0.478 e. The maximum absolute atomic E-state index is 11.4. The van der Waals surface area contributed by atoms with Gasteiger partial charge in [0.2, 0.25) is 0 Å². The molecule has 1 saturated carbocycles. The lowest BCUT2D eigenvalue weighted by Gasteiger charge is -2.08. The molecule has 1 heterocycles. The van der Waals surface area contributed by atoms with Crippen molar-refractivity contribution in [2.24, 2.45) is 0 Å². The average Bonchev–Trinajstić information content (AvgIpc) is 3.17. The van der Waals surface area contributed by atoms with Crippen LogP contribution in [0.25, 0.3) is 0 Å². The third-order valence-corrected chi connectivity index (χ3v) is 4.95. The lowest BCUT2D eigenvalue weighted by molar-refractivity contribution is 0.0690. The second kappa shape index (κ2) is 5.48. The van der Waals surface area contributed by atoms with Crippen molar-refractivity contribution in [1.82, 2.24) is 9.97 Å². The van der Waals surface area contributed by atoms with Gasteiger partial charge in [-0.1, -0.05) is 30.3 Å². The van der Waals surface area contributed by atoms with Crippen LogP contribution in [-0.4, -0.2) is 26.3 Å². The van der Waals surface area contributed by atoms with Gasteiger partial charge in [0.15, 0.2) is 0 Å². The van der Waals surface area contributed by atoms with Crippen molar-refractivity contribution in [3.05, 3.63) is 53.0 Å². The zero-order chi connectivity index (χ0) is 15.0. The number of thioether (sulfide) groups is 1. The maximum atomic E-state index is 11.4. The van der Waals surface area contributed by atoms with E-state index in [1.165, 1.54) is 5.56 Å². The fraction of sp³-hybridized carbons (Fsp3) is 0.312. The highest BCUT2D eigenvalue weighted by Crippen LogP contribution is 2.51. The molecule has 2 unspecified atom stereocenters. The van der Waals surface area contributed by atoms with Gasteiger partial charge >= 0.3 is 5.97 Å². The molecular weight excluding hydrogens is 284 g/mol. The Bertz CT molecular complexity index is 688. The maximum Gasteiger partial charge on any atom is 0.340 e. The Balaban J connectivity index is 1.82. The summed E-state index contributed by atoms with van der Waals surface area (Å²) in [5, 5.41) is 10.4. The number of carboxylic acids is 1. The number of aryl methyl sites for hydroxylation is 2. The smallest absolute Gasteiger partial charge is 0.340 e. The van der Waals surface area contributed by atoms with E-state index in [1.807, 2.05) is 18.2 Å². The molecule has 1 aliphatic rings. The monoisotopic (exact) mass is 300 g/mol. The molecule has 108 valence electrons. The van der Waals surface area contributed by atoms with Crippen molar-refractivity contribution in [3.8, 4) is 0 Å². The molecule has 1 aliphatic carbocycles. The van der Waals surface area contributed by atoms with Crippen LogP contribution in [-0.2, 0) is 0 Å². The van der Waals surface area contributed by atoms with Gasteiger partial charge in [-0.15, -0.1) is 11.8 Å². The third kappa shape index (κ3) is 2.93. The molecule has 0 amide bonds. The molecule has 1 N–H and O–H groups in total. The second-order valence-electron chi connectivity index (χ2n) is 5.25. The Morgan fingerprint density at radius 2 is 1.95 bits per heavy atom. The van der Waals surface area contributed by atoms with Crippen LogP contribution in [0.5, 0.6) is 0 Å². The highest BCUT2D eigenvalue weighted by molar-refractivity contribution is 8.00. The first-order chi connectivity index (χ1) is 10.1. The van der Waals surface area contributed by atoms with E-state index in [0.29, 0.717) is 27.7 Å². The molecule has 1 fully saturated rings. The first-order valence-corrected chi connectivity index (χ1v) is 7.74. The zero-order valence-corrected chi connectivity index (χ0v) is 12.7. The molecule has 0 bridgehead atoms. The van der Waals surface area contributed by atoms with Crippen LogP contribution in [0.3, 0.4) is 0 Å². The van der Waals surface area contributed by atoms with Crippen LogP contribution in [0.1, 0.15) is 39.8 Å². The van der Waals surface area contributed by atoms with Gasteiger partial charge in [0.25, 0.3) is 0 Å². The summed E-state index contributed by atoms with van der Waals surface area (Å²) in [6.07, 6.45) is 1.07.